The number of hydrogen-bond donors (Lipinski definition) is 3. The first kappa shape index (κ1) is 23.8. The van der Waals surface area contributed by atoms with Crippen LogP contribution in [0.2, 0.25) is 0 Å². The van der Waals surface area contributed by atoms with Crippen molar-refractivity contribution >= 4 is 16.8 Å². The van der Waals surface area contributed by atoms with Gasteiger partial charge in [0.05, 0.1) is 11.1 Å². The fourth-order valence-corrected chi connectivity index (χ4v) is 5.31. The van der Waals surface area contributed by atoms with Gasteiger partial charge in [0.1, 0.15) is 11.6 Å². The van der Waals surface area contributed by atoms with Crippen LogP contribution in [0.4, 0.5) is 4.39 Å². The monoisotopic (exact) mass is 510 g/mol. The summed E-state index contributed by atoms with van der Waals surface area (Å²) in [6, 6.07) is 17.3. The number of phenolic OH excluding ortho intramolecular Hbond substituents is 1. The Kier molecular flexibility index (Phi) is 6.11. The molecular weight excluding hydrogens is 483 g/mol. The van der Waals surface area contributed by atoms with Gasteiger partial charge in [0, 0.05) is 35.3 Å². The average Bonchev–Trinajstić information content (AvgIpc) is 3.68. The van der Waals surface area contributed by atoms with Crippen LogP contribution in [0.25, 0.3) is 39.1 Å². The van der Waals surface area contributed by atoms with E-state index in [4.69, 9.17) is 0 Å². The third-order valence-corrected chi connectivity index (χ3v) is 7.21. The number of halogens is 1. The SMILES string of the molecule is CCNC(=O)c1nnc(-c2cc3c(C4CCCC4)[nH]nc3cc2O)n1-c1ccc(-c2ccc(F)cc2)cc1. The molecule has 5 aromatic rings. The molecule has 1 amide bonds. The molecule has 0 unspecified atom stereocenters. The van der Waals surface area contributed by atoms with Crippen LogP contribution in [-0.4, -0.2) is 42.5 Å². The van der Waals surface area contributed by atoms with E-state index in [1.165, 1.54) is 25.0 Å². The summed E-state index contributed by atoms with van der Waals surface area (Å²) in [4.78, 5) is 12.9. The predicted octanol–water partition coefficient (Wildman–Crippen LogP) is 5.73. The Balaban J connectivity index is 1.48. The number of H-pyrrole nitrogens is 1. The van der Waals surface area contributed by atoms with Crippen molar-refractivity contribution in [3.05, 3.63) is 78.0 Å². The molecule has 2 aromatic heterocycles. The van der Waals surface area contributed by atoms with Crippen molar-refractivity contribution < 1.29 is 14.3 Å². The Morgan fingerprint density at radius 1 is 1.05 bits per heavy atom. The maximum Gasteiger partial charge on any atom is 0.289 e. The zero-order valence-corrected chi connectivity index (χ0v) is 20.9. The molecule has 1 saturated carbocycles. The van der Waals surface area contributed by atoms with E-state index in [1.54, 1.807) is 22.8 Å². The number of nitrogens with one attached hydrogen (secondary N) is 2. The van der Waals surface area contributed by atoms with Gasteiger partial charge in [0.15, 0.2) is 5.82 Å². The summed E-state index contributed by atoms with van der Waals surface area (Å²) in [5.74, 6) is 0.194. The molecule has 1 aliphatic carbocycles. The molecule has 1 fully saturated rings. The highest BCUT2D eigenvalue weighted by Gasteiger charge is 2.26. The minimum atomic E-state index is -0.371. The first-order valence-corrected chi connectivity index (χ1v) is 12.8. The lowest BCUT2D eigenvalue weighted by Crippen LogP contribution is -2.26. The van der Waals surface area contributed by atoms with Gasteiger partial charge in [-0.2, -0.15) is 5.10 Å². The summed E-state index contributed by atoms with van der Waals surface area (Å²) >= 11 is 0. The third-order valence-electron chi connectivity index (χ3n) is 7.21. The molecule has 0 radical (unpaired) electrons. The van der Waals surface area contributed by atoms with Gasteiger partial charge >= 0.3 is 0 Å². The van der Waals surface area contributed by atoms with Gasteiger partial charge in [-0.05, 0) is 61.2 Å². The van der Waals surface area contributed by atoms with Crippen LogP contribution in [-0.2, 0) is 0 Å². The normalized spacial score (nSPS) is 13.8. The third kappa shape index (κ3) is 4.19. The van der Waals surface area contributed by atoms with Crippen LogP contribution in [0.3, 0.4) is 0 Å². The molecule has 8 nitrogen and oxygen atoms in total. The number of amides is 1. The number of hydrogen-bond acceptors (Lipinski definition) is 5. The standard InChI is InChI=1S/C29H27FN6O2/c1-2-31-29(38)28-35-34-27(36(28)21-13-9-18(10-14-21)17-7-11-20(30)12-8-17)23-15-22-24(16-25(23)37)32-33-26(22)19-5-3-4-6-19/h7-16,19,37H,2-6H2,1H3,(H,31,38)(H,32,33). The van der Waals surface area contributed by atoms with E-state index in [0.717, 1.165) is 35.0 Å². The van der Waals surface area contributed by atoms with Crippen molar-refractivity contribution in [3.8, 4) is 34.0 Å². The Morgan fingerprint density at radius 2 is 1.74 bits per heavy atom. The van der Waals surface area contributed by atoms with E-state index >= 15 is 0 Å². The molecule has 38 heavy (non-hydrogen) atoms. The number of aromatic amines is 1. The van der Waals surface area contributed by atoms with Crippen molar-refractivity contribution in [2.24, 2.45) is 0 Å². The maximum atomic E-state index is 13.4. The molecule has 0 bridgehead atoms. The van der Waals surface area contributed by atoms with Gasteiger partial charge in [-0.1, -0.05) is 37.1 Å². The molecule has 3 aromatic carbocycles. The second-order valence-electron chi connectivity index (χ2n) is 9.60. The van der Waals surface area contributed by atoms with Crippen molar-refractivity contribution in [1.29, 1.82) is 0 Å². The van der Waals surface area contributed by atoms with Crippen molar-refractivity contribution in [3.63, 3.8) is 0 Å². The van der Waals surface area contributed by atoms with Crippen LogP contribution >= 0.6 is 0 Å². The number of phenols is 1. The zero-order chi connectivity index (χ0) is 26.2. The maximum absolute atomic E-state index is 13.4. The summed E-state index contributed by atoms with van der Waals surface area (Å²) in [5.41, 5.74) is 4.63. The van der Waals surface area contributed by atoms with Crippen LogP contribution in [0.15, 0.2) is 60.7 Å². The molecule has 3 N–H and O–H groups in total. The number of rotatable bonds is 6. The molecule has 0 saturated heterocycles. The average molecular weight is 511 g/mol. The Morgan fingerprint density at radius 3 is 2.42 bits per heavy atom. The van der Waals surface area contributed by atoms with Crippen LogP contribution in [0.1, 0.15) is 54.8 Å². The summed E-state index contributed by atoms with van der Waals surface area (Å²) in [7, 11) is 0. The second kappa shape index (κ2) is 9.74. The molecule has 6 rings (SSSR count). The lowest BCUT2D eigenvalue weighted by atomic mass is 9.99. The van der Waals surface area contributed by atoms with Crippen molar-refractivity contribution in [1.82, 2.24) is 30.3 Å². The fourth-order valence-electron chi connectivity index (χ4n) is 5.31. The second-order valence-corrected chi connectivity index (χ2v) is 9.60. The lowest BCUT2D eigenvalue weighted by Gasteiger charge is -2.13. The first-order chi connectivity index (χ1) is 18.5. The largest absolute Gasteiger partial charge is 0.507 e. The smallest absolute Gasteiger partial charge is 0.289 e. The summed E-state index contributed by atoms with van der Waals surface area (Å²) in [6.45, 7) is 2.27. The number of aromatic hydroxyl groups is 1. The van der Waals surface area contributed by atoms with E-state index in [0.29, 0.717) is 35.1 Å². The summed E-state index contributed by atoms with van der Waals surface area (Å²) in [5, 5.41) is 30.9. The van der Waals surface area contributed by atoms with Crippen LogP contribution in [0.5, 0.6) is 5.75 Å². The van der Waals surface area contributed by atoms with Gasteiger partial charge in [-0.3, -0.25) is 14.5 Å². The van der Waals surface area contributed by atoms with Crippen molar-refractivity contribution in [2.75, 3.05) is 6.54 Å². The van der Waals surface area contributed by atoms with Crippen molar-refractivity contribution in [2.45, 2.75) is 38.5 Å². The van der Waals surface area contributed by atoms with E-state index in [9.17, 15) is 14.3 Å². The molecular formula is C29H27FN6O2. The van der Waals surface area contributed by atoms with E-state index < -0.39 is 0 Å². The van der Waals surface area contributed by atoms with Crippen LogP contribution in [0, 0.1) is 5.82 Å². The van der Waals surface area contributed by atoms with Crippen LogP contribution < -0.4 is 5.32 Å². The van der Waals surface area contributed by atoms with Gasteiger partial charge < -0.3 is 10.4 Å². The number of nitrogens with zero attached hydrogens (tertiary/aromatic N) is 4. The Labute approximate surface area is 218 Å². The topological polar surface area (TPSA) is 109 Å². The number of fused-ring (bicyclic) bond motifs is 1. The zero-order valence-electron chi connectivity index (χ0n) is 20.9. The highest BCUT2D eigenvalue weighted by atomic mass is 19.1. The Bertz CT molecular complexity index is 1620. The molecule has 192 valence electrons. The molecule has 2 heterocycles. The number of carbonyl (C=O) groups excluding carboxylic acids is 1. The van der Waals surface area contributed by atoms with Gasteiger partial charge in [-0.15, -0.1) is 10.2 Å². The van der Waals surface area contributed by atoms with E-state index in [2.05, 4.69) is 25.7 Å². The van der Waals surface area contributed by atoms with E-state index in [-0.39, 0.29) is 23.3 Å². The molecule has 9 heteroatoms. The highest BCUT2D eigenvalue weighted by molar-refractivity contribution is 5.93. The van der Waals surface area contributed by atoms with E-state index in [1.807, 2.05) is 37.3 Å². The number of benzene rings is 3. The number of aromatic nitrogens is 5. The highest BCUT2D eigenvalue weighted by Crippen LogP contribution is 2.40. The first-order valence-electron chi connectivity index (χ1n) is 12.8. The quantitative estimate of drug-likeness (QED) is 0.270. The Hall–Kier alpha value is -4.53. The summed E-state index contributed by atoms with van der Waals surface area (Å²) in [6.07, 6.45) is 4.58. The number of carbonyl (C=O) groups is 1. The minimum absolute atomic E-state index is 0.000930. The fraction of sp³-hybridized carbons (Fsp3) is 0.241. The lowest BCUT2D eigenvalue weighted by molar-refractivity contribution is 0.0943. The predicted molar refractivity (Wildman–Crippen MR) is 143 cm³/mol. The summed E-state index contributed by atoms with van der Waals surface area (Å²) < 4.78 is 15.0. The molecule has 0 atom stereocenters. The molecule has 0 spiro atoms. The van der Waals surface area contributed by atoms with Gasteiger partial charge in [-0.25, -0.2) is 4.39 Å². The van der Waals surface area contributed by atoms with Gasteiger partial charge in [0.2, 0.25) is 5.82 Å². The van der Waals surface area contributed by atoms with Gasteiger partial charge in [0.25, 0.3) is 5.91 Å². The minimum Gasteiger partial charge on any atom is -0.507 e. The molecule has 0 aliphatic heterocycles. The molecule has 1 aliphatic rings.